The van der Waals surface area contributed by atoms with Crippen molar-refractivity contribution >= 4 is 41.5 Å². The van der Waals surface area contributed by atoms with Crippen molar-refractivity contribution in [2.75, 3.05) is 6.61 Å². The van der Waals surface area contributed by atoms with E-state index in [9.17, 15) is 33.6 Å². The highest BCUT2D eigenvalue weighted by Crippen LogP contribution is 2.02. The first-order valence-corrected chi connectivity index (χ1v) is 9.00. The minimum absolute atomic E-state index is 0.312. The van der Waals surface area contributed by atoms with Gasteiger partial charge in [-0.2, -0.15) is 0 Å². The lowest BCUT2D eigenvalue weighted by Crippen LogP contribution is -2.58. The minimum Gasteiger partial charge on any atom is -0.481 e. The lowest BCUT2D eigenvalue weighted by molar-refractivity contribution is -0.144. The molecule has 4 amide bonds. The highest BCUT2D eigenvalue weighted by molar-refractivity contribution is 5.97. The molecular formula is C16H25N5O11. The number of rotatable bonds is 15. The summed E-state index contributed by atoms with van der Waals surface area (Å²) in [5.74, 6) is -9.00. The zero-order valence-electron chi connectivity index (χ0n) is 16.6. The number of aliphatic carboxylic acids is 3. The zero-order chi connectivity index (χ0) is 25.0. The van der Waals surface area contributed by atoms with Crippen LogP contribution in [-0.4, -0.2) is 92.7 Å². The number of nitrogens with two attached hydrogens (primary N) is 2. The summed E-state index contributed by atoms with van der Waals surface area (Å²) in [5.41, 5.74) is 10.5. The number of aliphatic hydroxyl groups is 1. The summed E-state index contributed by atoms with van der Waals surface area (Å²) in [6, 6.07) is -6.70. The molecular weight excluding hydrogens is 438 g/mol. The lowest BCUT2D eigenvalue weighted by Gasteiger charge is -2.23. The molecule has 0 heterocycles. The maximum absolute atomic E-state index is 12.5. The van der Waals surface area contributed by atoms with Crippen LogP contribution in [0.25, 0.3) is 0 Å². The number of hydrogen-bond donors (Lipinski definition) is 9. The SMILES string of the molecule is NC(=O)CC(NC(=O)C(CC(=O)O)NC(=O)C(N)CCC(=O)O)C(=O)NC(CO)C(=O)O. The van der Waals surface area contributed by atoms with Gasteiger partial charge in [-0.25, -0.2) is 4.79 Å². The van der Waals surface area contributed by atoms with Crippen LogP contribution >= 0.6 is 0 Å². The maximum Gasteiger partial charge on any atom is 0.328 e. The largest absolute Gasteiger partial charge is 0.481 e. The second kappa shape index (κ2) is 13.5. The molecule has 0 aromatic rings. The van der Waals surface area contributed by atoms with E-state index in [1.54, 1.807) is 0 Å². The number of nitrogens with one attached hydrogen (secondary N) is 3. The van der Waals surface area contributed by atoms with Crippen LogP contribution in [0.1, 0.15) is 25.7 Å². The predicted octanol–water partition coefficient (Wildman–Crippen LogP) is -4.94. The number of carboxylic acid groups (broad SMARTS) is 3. The molecule has 0 aliphatic rings. The smallest absolute Gasteiger partial charge is 0.328 e. The number of primary amides is 1. The summed E-state index contributed by atoms with van der Waals surface area (Å²) in [6.45, 7) is -1.01. The van der Waals surface area contributed by atoms with Gasteiger partial charge in [0, 0.05) is 6.42 Å². The average Bonchev–Trinajstić information content (AvgIpc) is 2.67. The summed E-state index contributed by atoms with van der Waals surface area (Å²) < 4.78 is 0. The van der Waals surface area contributed by atoms with Crippen molar-refractivity contribution in [3.8, 4) is 0 Å². The van der Waals surface area contributed by atoms with E-state index in [2.05, 4.69) is 0 Å². The van der Waals surface area contributed by atoms with Crippen LogP contribution in [0, 0.1) is 0 Å². The van der Waals surface area contributed by atoms with E-state index >= 15 is 0 Å². The van der Waals surface area contributed by atoms with Crippen molar-refractivity contribution in [3.63, 3.8) is 0 Å². The van der Waals surface area contributed by atoms with Gasteiger partial charge in [-0.3, -0.25) is 28.8 Å². The van der Waals surface area contributed by atoms with E-state index in [1.165, 1.54) is 0 Å². The Hall–Kier alpha value is -3.79. The topological polar surface area (TPSA) is 289 Å². The third kappa shape index (κ3) is 10.8. The Morgan fingerprint density at radius 3 is 1.59 bits per heavy atom. The van der Waals surface area contributed by atoms with E-state index in [1.807, 2.05) is 16.0 Å². The molecule has 180 valence electrons. The van der Waals surface area contributed by atoms with E-state index in [4.69, 9.17) is 31.9 Å². The summed E-state index contributed by atoms with van der Waals surface area (Å²) in [7, 11) is 0. The molecule has 0 saturated heterocycles. The van der Waals surface area contributed by atoms with Gasteiger partial charge < -0.3 is 47.8 Å². The fourth-order valence-electron chi connectivity index (χ4n) is 2.21. The molecule has 0 saturated carbocycles. The molecule has 11 N–H and O–H groups in total. The van der Waals surface area contributed by atoms with E-state index in [0.29, 0.717) is 0 Å². The van der Waals surface area contributed by atoms with Gasteiger partial charge in [-0.1, -0.05) is 0 Å². The normalized spacial score (nSPS) is 14.2. The Morgan fingerprint density at radius 1 is 0.719 bits per heavy atom. The number of aliphatic hydroxyl groups excluding tert-OH is 1. The van der Waals surface area contributed by atoms with Gasteiger partial charge in [-0.05, 0) is 6.42 Å². The van der Waals surface area contributed by atoms with Crippen molar-refractivity contribution in [2.45, 2.75) is 49.9 Å². The molecule has 0 aromatic carbocycles. The molecule has 16 heteroatoms. The number of hydrogen-bond acceptors (Lipinski definition) is 9. The molecule has 0 radical (unpaired) electrons. The van der Waals surface area contributed by atoms with E-state index in [0.717, 1.165) is 0 Å². The van der Waals surface area contributed by atoms with Crippen molar-refractivity contribution in [3.05, 3.63) is 0 Å². The van der Waals surface area contributed by atoms with Gasteiger partial charge >= 0.3 is 17.9 Å². The van der Waals surface area contributed by atoms with E-state index in [-0.39, 0.29) is 6.42 Å². The van der Waals surface area contributed by atoms with Crippen molar-refractivity contribution in [2.24, 2.45) is 11.5 Å². The summed E-state index contributed by atoms with van der Waals surface area (Å²) in [6.07, 6.45) is -2.57. The van der Waals surface area contributed by atoms with Crippen molar-refractivity contribution in [1.82, 2.24) is 16.0 Å². The Balaban J connectivity index is 5.43. The standard InChI is InChI=1S/C16H25N5O11/c17-6(1-2-11(24)25)13(28)19-8(4-12(26)27)15(30)20-7(3-10(18)23)14(29)21-9(5-22)16(31)32/h6-9,22H,1-5,17H2,(H2,18,23)(H,19,28)(H,20,30)(H,21,29)(H,24,25)(H,26,27)(H,31,32). The van der Waals surface area contributed by atoms with Crippen LogP contribution < -0.4 is 27.4 Å². The molecule has 4 atom stereocenters. The van der Waals surface area contributed by atoms with Crippen LogP contribution in [0.5, 0.6) is 0 Å². The molecule has 32 heavy (non-hydrogen) atoms. The fraction of sp³-hybridized carbons (Fsp3) is 0.562. The number of carbonyl (C=O) groups is 7. The molecule has 0 aromatic heterocycles. The minimum atomic E-state index is -1.79. The summed E-state index contributed by atoms with van der Waals surface area (Å²) in [5, 5.41) is 41.3. The van der Waals surface area contributed by atoms with E-state index < -0.39 is 91.6 Å². The average molecular weight is 463 g/mol. The predicted molar refractivity (Wildman–Crippen MR) is 101 cm³/mol. The second-order valence-corrected chi connectivity index (χ2v) is 6.51. The molecule has 0 fully saturated rings. The van der Waals surface area contributed by atoms with Gasteiger partial charge in [-0.15, -0.1) is 0 Å². The maximum atomic E-state index is 12.5. The highest BCUT2D eigenvalue weighted by Gasteiger charge is 2.32. The molecule has 16 nitrogen and oxygen atoms in total. The first kappa shape index (κ1) is 28.2. The lowest BCUT2D eigenvalue weighted by atomic mass is 10.1. The van der Waals surface area contributed by atoms with Gasteiger partial charge in [0.1, 0.15) is 18.1 Å². The van der Waals surface area contributed by atoms with Gasteiger partial charge in [0.05, 0.1) is 25.5 Å². The van der Waals surface area contributed by atoms with Crippen LogP contribution in [0.4, 0.5) is 0 Å². The highest BCUT2D eigenvalue weighted by atomic mass is 16.4. The van der Waals surface area contributed by atoms with Gasteiger partial charge in [0.25, 0.3) is 0 Å². The van der Waals surface area contributed by atoms with Crippen LogP contribution in [-0.2, 0) is 33.6 Å². The first-order chi connectivity index (χ1) is 14.8. The number of amides is 4. The second-order valence-electron chi connectivity index (χ2n) is 6.51. The quantitative estimate of drug-likeness (QED) is 0.110. The Labute approximate surface area is 180 Å². The number of carboxylic acids is 3. The van der Waals surface area contributed by atoms with Gasteiger partial charge in [0.2, 0.25) is 23.6 Å². The molecule has 0 bridgehead atoms. The molecule has 0 rings (SSSR count). The Bertz CT molecular complexity index is 757. The fourth-order valence-corrected chi connectivity index (χ4v) is 2.21. The molecule has 0 aliphatic heterocycles. The first-order valence-electron chi connectivity index (χ1n) is 9.00. The number of carbonyl (C=O) groups excluding carboxylic acids is 4. The molecule has 4 unspecified atom stereocenters. The zero-order valence-corrected chi connectivity index (χ0v) is 16.6. The van der Waals surface area contributed by atoms with Crippen molar-refractivity contribution in [1.29, 1.82) is 0 Å². The third-order valence-electron chi connectivity index (χ3n) is 3.85. The van der Waals surface area contributed by atoms with Crippen LogP contribution in [0.15, 0.2) is 0 Å². The van der Waals surface area contributed by atoms with Crippen molar-refractivity contribution < 1.29 is 54.0 Å². The van der Waals surface area contributed by atoms with Crippen LogP contribution in [0.2, 0.25) is 0 Å². The summed E-state index contributed by atoms with van der Waals surface area (Å²) in [4.78, 5) is 80.5. The Morgan fingerprint density at radius 2 is 1.19 bits per heavy atom. The monoisotopic (exact) mass is 463 g/mol. The Kier molecular flexibility index (Phi) is 11.9. The van der Waals surface area contributed by atoms with Gasteiger partial charge in [0.15, 0.2) is 0 Å². The third-order valence-corrected chi connectivity index (χ3v) is 3.85. The van der Waals surface area contributed by atoms with Crippen LogP contribution in [0.3, 0.4) is 0 Å². The summed E-state index contributed by atoms with van der Waals surface area (Å²) >= 11 is 0. The molecule has 0 spiro atoms. The molecule has 0 aliphatic carbocycles.